The summed E-state index contributed by atoms with van der Waals surface area (Å²) in [6, 6.07) is 5.62. The van der Waals surface area contributed by atoms with Gasteiger partial charge in [-0.3, -0.25) is 0 Å². The Morgan fingerprint density at radius 1 is 1.26 bits per heavy atom. The number of aliphatic hydroxyl groups excluding tert-OH is 2. The largest absolute Gasteiger partial charge is 0.395 e. The minimum Gasteiger partial charge on any atom is -0.395 e. The van der Waals surface area contributed by atoms with Crippen molar-refractivity contribution in [2.45, 2.75) is 29.6 Å². The molecule has 3 N–H and O–H groups in total. The van der Waals surface area contributed by atoms with Gasteiger partial charge in [0.15, 0.2) is 0 Å². The van der Waals surface area contributed by atoms with Crippen molar-refractivity contribution in [1.29, 1.82) is 0 Å². The van der Waals surface area contributed by atoms with E-state index < -0.39 is 10.9 Å². The first-order chi connectivity index (χ1) is 11.0. The maximum atomic E-state index is 13.2. The highest BCUT2D eigenvalue weighted by molar-refractivity contribution is 8.00. The number of benzene rings is 1. The van der Waals surface area contributed by atoms with Crippen LogP contribution >= 0.6 is 11.8 Å². The molecule has 6 nitrogen and oxygen atoms in total. The number of nitrogens with zero attached hydrogens (tertiary/aromatic N) is 3. The highest BCUT2D eigenvalue weighted by Crippen LogP contribution is 2.36. The predicted molar refractivity (Wildman–Crippen MR) is 85.3 cm³/mol. The minimum atomic E-state index is -1.37. The van der Waals surface area contributed by atoms with E-state index in [0.29, 0.717) is 5.56 Å². The van der Waals surface area contributed by atoms with Gasteiger partial charge in [0.05, 0.1) is 25.0 Å². The Morgan fingerprint density at radius 2 is 1.91 bits per heavy atom. The average Bonchev–Trinajstić information content (AvgIpc) is 3.05. The van der Waals surface area contributed by atoms with Crippen LogP contribution in [0, 0.1) is 5.82 Å². The van der Waals surface area contributed by atoms with Gasteiger partial charge in [-0.2, -0.15) is 5.10 Å². The Morgan fingerprint density at radius 3 is 2.43 bits per heavy atom. The summed E-state index contributed by atoms with van der Waals surface area (Å²) >= 11 is 1.27. The number of thioether (sulfide) groups is 1. The van der Waals surface area contributed by atoms with Crippen molar-refractivity contribution < 1.29 is 19.7 Å². The summed E-state index contributed by atoms with van der Waals surface area (Å²) in [6.45, 7) is 1.52. The van der Waals surface area contributed by atoms with Crippen LogP contribution in [0.15, 0.2) is 36.9 Å². The quantitative estimate of drug-likeness (QED) is 0.657. The standard InChI is InChI=1S/C15H20FN3O3S/c1-11(23-14(6-20)7-21)15(22,8-19-10-17-9-18-19)12-2-4-13(16)5-3-12/h2-5,9-11,14,20-22H,6-8H2,1H3/t11-,15-/m1/s1. The number of aliphatic hydroxyl groups is 3. The Kier molecular flexibility index (Phi) is 6.11. The molecule has 0 unspecified atom stereocenters. The maximum absolute atomic E-state index is 13.2. The van der Waals surface area contributed by atoms with E-state index in [1.54, 1.807) is 6.92 Å². The van der Waals surface area contributed by atoms with Crippen LogP contribution in [0.4, 0.5) is 4.39 Å². The van der Waals surface area contributed by atoms with Crippen molar-refractivity contribution >= 4 is 11.8 Å². The fourth-order valence-electron chi connectivity index (χ4n) is 2.30. The molecule has 2 aromatic rings. The van der Waals surface area contributed by atoms with E-state index in [9.17, 15) is 19.7 Å². The summed E-state index contributed by atoms with van der Waals surface area (Å²) in [7, 11) is 0. The zero-order valence-electron chi connectivity index (χ0n) is 12.7. The van der Waals surface area contributed by atoms with Gasteiger partial charge in [-0.1, -0.05) is 19.1 Å². The molecule has 0 aliphatic rings. The Hall–Kier alpha value is -1.48. The zero-order chi connectivity index (χ0) is 16.9. The third kappa shape index (κ3) is 4.29. The first-order valence-electron chi connectivity index (χ1n) is 7.17. The number of rotatable bonds is 8. The van der Waals surface area contributed by atoms with E-state index in [4.69, 9.17) is 0 Å². The van der Waals surface area contributed by atoms with Crippen LogP contribution in [0.25, 0.3) is 0 Å². The SMILES string of the molecule is C[C@@H](SC(CO)CO)[C@](O)(Cn1cncn1)c1ccc(F)cc1. The van der Waals surface area contributed by atoms with Crippen LogP contribution in [0.5, 0.6) is 0 Å². The van der Waals surface area contributed by atoms with Gasteiger partial charge < -0.3 is 15.3 Å². The molecule has 0 bridgehead atoms. The molecule has 0 saturated heterocycles. The highest BCUT2D eigenvalue weighted by Gasteiger charge is 2.38. The molecule has 0 amide bonds. The second-order valence-electron chi connectivity index (χ2n) is 5.29. The van der Waals surface area contributed by atoms with Crippen molar-refractivity contribution in [3.63, 3.8) is 0 Å². The van der Waals surface area contributed by atoms with Crippen LogP contribution in [0.2, 0.25) is 0 Å². The van der Waals surface area contributed by atoms with Crippen molar-refractivity contribution in [2.24, 2.45) is 0 Å². The van der Waals surface area contributed by atoms with Gasteiger partial charge in [0, 0.05) is 5.25 Å². The smallest absolute Gasteiger partial charge is 0.137 e. The monoisotopic (exact) mass is 341 g/mol. The molecular formula is C15H20FN3O3S. The van der Waals surface area contributed by atoms with E-state index in [1.807, 2.05) is 0 Å². The van der Waals surface area contributed by atoms with Gasteiger partial charge in [0.2, 0.25) is 0 Å². The van der Waals surface area contributed by atoms with Gasteiger partial charge in [-0.15, -0.1) is 11.8 Å². The Labute approximate surface area is 138 Å². The lowest BCUT2D eigenvalue weighted by Gasteiger charge is -2.35. The lowest BCUT2D eigenvalue weighted by Crippen LogP contribution is -2.41. The summed E-state index contributed by atoms with van der Waals surface area (Å²) in [5.41, 5.74) is -0.835. The summed E-state index contributed by atoms with van der Waals surface area (Å²) in [5, 5.41) is 33.0. The van der Waals surface area contributed by atoms with Gasteiger partial charge >= 0.3 is 0 Å². The molecule has 126 valence electrons. The first-order valence-corrected chi connectivity index (χ1v) is 8.12. The molecule has 0 saturated carbocycles. The second kappa shape index (κ2) is 7.87. The fourth-order valence-corrected chi connectivity index (χ4v) is 3.48. The van der Waals surface area contributed by atoms with E-state index in [1.165, 1.54) is 53.4 Å². The van der Waals surface area contributed by atoms with E-state index >= 15 is 0 Å². The fraction of sp³-hybridized carbons (Fsp3) is 0.467. The van der Waals surface area contributed by atoms with E-state index in [0.717, 1.165) is 0 Å². The first kappa shape index (κ1) is 17.9. The van der Waals surface area contributed by atoms with Gasteiger partial charge in [-0.05, 0) is 17.7 Å². The van der Waals surface area contributed by atoms with E-state index in [2.05, 4.69) is 10.1 Å². The molecule has 2 rings (SSSR count). The Bertz CT molecular complexity index is 593. The minimum absolute atomic E-state index is 0.121. The molecule has 23 heavy (non-hydrogen) atoms. The molecule has 1 heterocycles. The number of hydrogen-bond acceptors (Lipinski definition) is 6. The molecule has 0 spiro atoms. The molecule has 8 heteroatoms. The highest BCUT2D eigenvalue weighted by atomic mass is 32.2. The third-order valence-electron chi connectivity index (χ3n) is 3.69. The third-order valence-corrected chi connectivity index (χ3v) is 5.17. The van der Waals surface area contributed by atoms with Crippen LogP contribution in [-0.2, 0) is 12.1 Å². The van der Waals surface area contributed by atoms with Gasteiger partial charge in [-0.25, -0.2) is 14.1 Å². The van der Waals surface area contributed by atoms with Crippen LogP contribution in [0.1, 0.15) is 12.5 Å². The van der Waals surface area contributed by atoms with E-state index in [-0.39, 0.29) is 30.8 Å². The van der Waals surface area contributed by atoms with Crippen molar-refractivity contribution in [1.82, 2.24) is 14.8 Å². The molecule has 0 aliphatic heterocycles. The molecule has 1 aromatic carbocycles. The molecule has 2 atom stereocenters. The lowest BCUT2D eigenvalue weighted by molar-refractivity contribution is 0.0163. The maximum Gasteiger partial charge on any atom is 0.137 e. The predicted octanol–water partition coefficient (Wildman–Crippen LogP) is 0.780. The summed E-state index contributed by atoms with van der Waals surface area (Å²) < 4.78 is 14.7. The molecule has 0 radical (unpaired) electrons. The molecule has 0 fully saturated rings. The van der Waals surface area contributed by atoms with Crippen LogP contribution in [0.3, 0.4) is 0 Å². The number of hydrogen-bond donors (Lipinski definition) is 3. The van der Waals surface area contributed by atoms with Crippen LogP contribution in [-0.4, -0.2) is 53.8 Å². The number of halogens is 1. The topological polar surface area (TPSA) is 91.4 Å². The van der Waals surface area contributed by atoms with Gasteiger partial charge in [0.25, 0.3) is 0 Å². The molecule has 0 aliphatic carbocycles. The normalized spacial score (nSPS) is 15.6. The number of aromatic nitrogens is 3. The second-order valence-corrected chi connectivity index (χ2v) is 6.94. The average molecular weight is 341 g/mol. The zero-order valence-corrected chi connectivity index (χ0v) is 13.5. The van der Waals surface area contributed by atoms with Crippen molar-refractivity contribution in [3.05, 3.63) is 48.3 Å². The Balaban J connectivity index is 2.31. The summed E-state index contributed by atoms with van der Waals surface area (Å²) in [4.78, 5) is 3.86. The summed E-state index contributed by atoms with van der Waals surface area (Å²) in [5.74, 6) is -0.388. The lowest BCUT2D eigenvalue weighted by atomic mass is 9.90. The van der Waals surface area contributed by atoms with Crippen molar-refractivity contribution in [3.8, 4) is 0 Å². The molecular weight excluding hydrogens is 321 g/mol. The summed E-state index contributed by atoms with van der Waals surface area (Å²) in [6.07, 6.45) is 2.86. The van der Waals surface area contributed by atoms with Crippen LogP contribution < -0.4 is 0 Å². The van der Waals surface area contributed by atoms with Gasteiger partial charge in [0.1, 0.15) is 24.1 Å². The van der Waals surface area contributed by atoms with Crippen molar-refractivity contribution in [2.75, 3.05) is 13.2 Å². The molecule has 1 aromatic heterocycles.